The van der Waals surface area contributed by atoms with Crippen molar-refractivity contribution in [2.24, 2.45) is 5.41 Å². The van der Waals surface area contributed by atoms with Crippen LogP contribution in [0.2, 0.25) is 0 Å². The summed E-state index contributed by atoms with van der Waals surface area (Å²) in [7, 11) is -3.94. The van der Waals surface area contributed by atoms with Crippen LogP contribution < -0.4 is 10.1 Å². The minimum atomic E-state index is -3.94. The van der Waals surface area contributed by atoms with Gasteiger partial charge in [-0.05, 0) is 36.4 Å². The van der Waals surface area contributed by atoms with E-state index >= 15 is 0 Å². The van der Waals surface area contributed by atoms with Crippen molar-refractivity contribution in [1.29, 1.82) is 0 Å². The monoisotopic (exact) mass is 405 g/mol. The van der Waals surface area contributed by atoms with E-state index in [2.05, 4.69) is 5.32 Å². The smallest absolute Gasteiger partial charge is 0.327 e. The van der Waals surface area contributed by atoms with Gasteiger partial charge in [-0.25, -0.2) is 13.2 Å². The third-order valence-electron chi connectivity index (χ3n) is 3.83. The van der Waals surface area contributed by atoms with E-state index in [-0.39, 0.29) is 4.90 Å². The van der Waals surface area contributed by atoms with Crippen molar-refractivity contribution in [2.45, 2.75) is 31.7 Å². The Balaban J connectivity index is 2.14. The van der Waals surface area contributed by atoms with Gasteiger partial charge in [-0.1, -0.05) is 39.0 Å². The number of ether oxygens (including phenoxy) is 1. The minimum Gasteiger partial charge on any atom is -0.480 e. The molecule has 1 atom stereocenters. The van der Waals surface area contributed by atoms with Crippen LogP contribution >= 0.6 is 0 Å². The van der Waals surface area contributed by atoms with Crippen molar-refractivity contribution in [2.75, 3.05) is 5.75 Å². The molecule has 0 saturated carbocycles. The summed E-state index contributed by atoms with van der Waals surface area (Å²) in [6, 6.07) is 13.1. The highest BCUT2D eigenvalue weighted by molar-refractivity contribution is 7.91. The lowest BCUT2D eigenvalue weighted by Crippen LogP contribution is -2.49. The summed E-state index contributed by atoms with van der Waals surface area (Å²) in [6.07, 6.45) is 0. The molecule has 0 heterocycles. The highest BCUT2D eigenvalue weighted by atomic mass is 32.2. The number of sulfone groups is 1. The Morgan fingerprint density at radius 3 is 2.04 bits per heavy atom. The van der Waals surface area contributed by atoms with Gasteiger partial charge in [0.05, 0.1) is 10.6 Å². The molecule has 2 aromatic rings. The molecule has 0 radical (unpaired) electrons. The van der Waals surface area contributed by atoms with Crippen molar-refractivity contribution in [3.05, 3.63) is 54.6 Å². The minimum absolute atomic E-state index is 0.0517. The first-order valence-corrected chi connectivity index (χ1v) is 10.2. The van der Waals surface area contributed by atoms with E-state index in [0.29, 0.717) is 11.5 Å². The largest absolute Gasteiger partial charge is 0.480 e. The highest BCUT2D eigenvalue weighted by Crippen LogP contribution is 2.23. The summed E-state index contributed by atoms with van der Waals surface area (Å²) in [5.74, 6) is -1.65. The maximum atomic E-state index is 12.6. The second-order valence-electron chi connectivity index (χ2n) is 7.28. The fourth-order valence-electron chi connectivity index (χ4n) is 2.20. The van der Waals surface area contributed by atoms with Gasteiger partial charge in [-0.3, -0.25) is 4.79 Å². The summed E-state index contributed by atoms with van der Waals surface area (Å²) in [5, 5.41) is 11.6. The summed E-state index contributed by atoms with van der Waals surface area (Å²) in [4.78, 5) is 23.4. The van der Waals surface area contributed by atoms with Crippen molar-refractivity contribution >= 4 is 21.7 Å². The molecule has 1 unspecified atom stereocenters. The predicted octanol–water partition coefficient (Wildman–Crippen LogP) is 2.87. The number of carboxylic acid groups (broad SMARTS) is 1. The van der Waals surface area contributed by atoms with E-state index in [9.17, 15) is 23.1 Å². The molecule has 0 aliphatic rings. The second-order valence-corrected chi connectivity index (χ2v) is 9.32. The Labute approximate surface area is 164 Å². The molecule has 28 heavy (non-hydrogen) atoms. The molecule has 0 aliphatic carbocycles. The van der Waals surface area contributed by atoms with Crippen LogP contribution in [-0.2, 0) is 19.4 Å². The van der Waals surface area contributed by atoms with Gasteiger partial charge >= 0.3 is 5.97 Å². The zero-order valence-electron chi connectivity index (χ0n) is 15.9. The molecular weight excluding hydrogens is 382 g/mol. The number of hydrogen-bond acceptors (Lipinski definition) is 5. The molecular formula is C20H23NO6S. The number of para-hydroxylation sites is 1. The average molecular weight is 405 g/mol. The van der Waals surface area contributed by atoms with E-state index in [1.165, 1.54) is 24.3 Å². The third kappa shape index (κ3) is 5.82. The quantitative estimate of drug-likeness (QED) is 0.733. The Hall–Kier alpha value is -2.87. The SMILES string of the molecule is CC(C)(C)C(=O)NC(CS(=O)(=O)c1ccc(Oc2ccccc2)cc1)C(=O)O. The molecule has 0 fully saturated rings. The van der Waals surface area contributed by atoms with E-state index in [4.69, 9.17) is 4.74 Å². The van der Waals surface area contributed by atoms with Crippen LogP contribution in [-0.4, -0.2) is 37.2 Å². The molecule has 8 heteroatoms. The topological polar surface area (TPSA) is 110 Å². The lowest BCUT2D eigenvalue weighted by Gasteiger charge is -2.21. The van der Waals surface area contributed by atoms with Crippen LogP contribution in [0.25, 0.3) is 0 Å². The van der Waals surface area contributed by atoms with Gasteiger partial charge in [-0.15, -0.1) is 0 Å². The lowest BCUT2D eigenvalue weighted by atomic mass is 9.95. The van der Waals surface area contributed by atoms with Gasteiger partial charge in [0.15, 0.2) is 9.84 Å². The molecule has 0 aliphatic heterocycles. The van der Waals surface area contributed by atoms with Crippen molar-refractivity contribution in [1.82, 2.24) is 5.32 Å². The van der Waals surface area contributed by atoms with Gasteiger partial charge < -0.3 is 15.2 Å². The number of amides is 1. The standard InChI is InChI=1S/C20H23NO6S/c1-20(2,3)19(24)21-17(18(22)23)13-28(25,26)16-11-9-15(10-12-16)27-14-7-5-4-6-8-14/h4-12,17H,13H2,1-3H3,(H,21,24)(H,22,23). The number of benzene rings is 2. The van der Waals surface area contributed by atoms with E-state index in [1.54, 1.807) is 32.9 Å². The number of nitrogens with one attached hydrogen (secondary N) is 1. The number of carbonyl (C=O) groups excluding carboxylic acids is 1. The van der Waals surface area contributed by atoms with Crippen LogP contribution in [0, 0.1) is 5.41 Å². The second kappa shape index (κ2) is 8.43. The fourth-order valence-corrected chi connectivity index (χ4v) is 3.61. The summed E-state index contributed by atoms with van der Waals surface area (Å²) in [5.41, 5.74) is -0.839. The first-order chi connectivity index (χ1) is 13.0. The van der Waals surface area contributed by atoms with Gasteiger partial charge in [0, 0.05) is 5.41 Å². The maximum absolute atomic E-state index is 12.6. The fraction of sp³-hybridized carbons (Fsp3) is 0.300. The lowest BCUT2D eigenvalue weighted by molar-refractivity contribution is -0.142. The first kappa shape index (κ1) is 21.4. The number of rotatable bonds is 7. The summed E-state index contributed by atoms with van der Waals surface area (Å²) in [6.45, 7) is 4.84. The summed E-state index contributed by atoms with van der Waals surface area (Å²) >= 11 is 0. The van der Waals surface area contributed by atoms with Crippen molar-refractivity contribution < 1.29 is 27.9 Å². The Bertz CT molecular complexity index is 931. The van der Waals surface area contributed by atoms with Gasteiger partial charge in [0.25, 0.3) is 0 Å². The zero-order valence-corrected chi connectivity index (χ0v) is 16.7. The normalized spacial score (nSPS) is 12.8. The van der Waals surface area contributed by atoms with Crippen molar-refractivity contribution in [3.8, 4) is 11.5 Å². The number of aliphatic carboxylic acids is 1. The molecule has 150 valence electrons. The van der Waals surface area contributed by atoms with E-state index < -0.39 is 38.9 Å². The third-order valence-corrected chi connectivity index (χ3v) is 5.60. The van der Waals surface area contributed by atoms with Gasteiger partial charge in [0.1, 0.15) is 17.5 Å². The van der Waals surface area contributed by atoms with Gasteiger partial charge in [0.2, 0.25) is 5.91 Å². The zero-order chi connectivity index (χ0) is 20.9. The van der Waals surface area contributed by atoms with Gasteiger partial charge in [-0.2, -0.15) is 0 Å². The Morgan fingerprint density at radius 2 is 1.54 bits per heavy atom. The average Bonchev–Trinajstić information content (AvgIpc) is 2.61. The Morgan fingerprint density at radius 1 is 1.00 bits per heavy atom. The molecule has 2 rings (SSSR count). The number of hydrogen-bond donors (Lipinski definition) is 2. The van der Waals surface area contributed by atoms with Crippen LogP contribution in [0.3, 0.4) is 0 Å². The number of carboxylic acids is 1. The molecule has 0 spiro atoms. The van der Waals surface area contributed by atoms with Crippen LogP contribution in [0.15, 0.2) is 59.5 Å². The molecule has 0 aromatic heterocycles. The number of carbonyl (C=O) groups is 2. The molecule has 0 bridgehead atoms. The predicted molar refractivity (Wildman–Crippen MR) is 104 cm³/mol. The van der Waals surface area contributed by atoms with E-state index in [0.717, 1.165) is 0 Å². The molecule has 2 N–H and O–H groups in total. The maximum Gasteiger partial charge on any atom is 0.327 e. The van der Waals surface area contributed by atoms with Crippen LogP contribution in [0.4, 0.5) is 0 Å². The molecule has 0 saturated heterocycles. The van der Waals surface area contributed by atoms with Crippen molar-refractivity contribution in [3.63, 3.8) is 0 Å². The molecule has 1 amide bonds. The highest BCUT2D eigenvalue weighted by Gasteiger charge is 2.31. The Kier molecular flexibility index (Phi) is 6.45. The van der Waals surface area contributed by atoms with Crippen LogP contribution in [0.1, 0.15) is 20.8 Å². The molecule has 7 nitrogen and oxygen atoms in total. The van der Waals surface area contributed by atoms with E-state index in [1.807, 2.05) is 18.2 Å². The first-order valence-electron chi connectivity index (χ1n) is 8.58. The van der Waals surface area contributed by atoms with Crippen LogP contribution in [0.5, 0.6) is 11.5 Å². The summed E-state index contributed by atoms with van der Waals surface area (Å²) < 4.78 is 30.8. The molecule has 2 aromatic carbocycles.